The van der Waals surface area contributed by atoms with Crippen molar-refractivity contribution in [1.29, 1.82) is 0 Å². The summed E-state index contributed by atoms with van der Waals surface area (Å²) in [6, 6.07) is 9.87. The Bertz CT molecular complexity index is 903. The van der Waals surface area contributed by atoms with Crippen LogP contribution in [-0.2, 0) is 6.54 Å². The van der Waals surface area contributed by atoms with Crippen LogP contribution < -0.4 is 5.32 Å². The molecular weight excluding hydrogens is 298 g/mol. The number of benzene rings is 1. The number of hydrogen-bond acceptors (Lipinski definition) is 5. The Kier molecular flexibility index (Phi) is 3.71. The molecule has 0 aliphatic heterocycles. The molecule has 0 spiro atoms. The molecule has 0 bridgehead atoms. The van der Waals surface area contributed by atoms with E-state index >= 15 is 0 Å². The number of nitrogens with zero attached hydrogens (tertiary/aromatic N) is 4. The van der Waals surface area contributed by atoms with Gasteiger partial charge in [-0.1, -0.05) is 12.1 Å². The number of nitro groups is 1. The predicted molar refractivity (Wildman–Crippen MR) is 82.0 cm³/mol. The molecule has 23 heavy (non-hydrogen) atoms. The van der Waals surface area contributed by atoms with E-state index in [0.29, 0.717) is 17.0 Å². The number of rotatable bonds is 4. The van der Waals surface area contributed by atoms with Crippen LogP contribution in [0.1, 0.15) is 21.7 Å². The molecule has 3 aromatic rings. The van der Waals surface area contributed by atoms with E-state index in [4.69, 9.17) is 0 Å². The molecule has 8 nitrogen and oxygen atoms in total. The normalized spacial score (nSPS) is 10.7. The number of hydrogen-bond donors (Lipinski definition) is 1. The first-order valence-corrected chi connectivity index (χ1v) is 6.88. The Balaban J connectivity index is 1.77. The summed E-state index contributed by atoms with van der Waals surface area (Å²) in [6.45, 7) is 1.80. The van der Waals surface area contributed by atoms with Crippen molar-refractivity contribution in [2.45, 2.75) is 13.5 Å². The first-order chi connectivity index (χ1) is 11.1. The number of nitrogens with one attached hydrogen (secondary N) is 1. The van der Waals surface area contributed by atoms with Gasteiger partial charge in [0.05, 0.1) is 11.5 Å². The van der Waals surface area contributed by atoms with Gasteiger partial charge in [0.15, 0.2) is 11.5 Å². The maximum atomic E-state index is 12.2. The molecule has 3 rings (SSSR count). The molecule has 2 aromatic heterocycles. The van der Waals surface area contributed by atoms with Crippen molar-refractivity contribution >= 4 is 17.2 Å². The zero-order valence-corrected chi connectivity index (χ0v) is 12.3. The molecule has 0 saturated heterocycles. The van der Waals surface area contributed by atoms with Crippen molar-refractivity contribution in [3.05, 3.63) is 69.7 Å². The number of fused-ring (bicyclic) bond motifs is 1. The van der Waals surface area contributed by atoms with Crippen molar-refractivity contribution in [3.8, 4) is 0 Å². The molecule has 116 valence electrons. The number of aryl methyl sites for hydroxylation is 1. The summed E-state index contributed by atoms with van der Waals surface area (Å²) in [4.78, 5) is 22.6. The van der Waals surface area contributed by atoms with Gasteiger partial charge in [0.25, 0.3) is 11.6 Å². The quantitative estimate of drug-likeness (QED) is 0.585. The van der Waals surface area contributed by atoms with Gasteiger partial charge >= 0.3 is 0 Å². The van der Waals surface area contributed by atoms with Crippen molar-refractivity contribution < 1.29 is 9.72 Å². The molecule has 2 heterocycles. The third-order valence-electron chi connectivity index (χ3n) is 3.46. The SMILES string of the molecule is Cc1ccc(C(=O)NCc2nnc3ccccn23)cc1[N+](=O)[O-]. The van der Waals surface area contributed by atoms with E-state index in [1.54, 1.807) is 29.7 Å². The summed E-state index contributed by atoms with van der Waals surface area (Å²) in [5, 5.41) is 21.6. The van der Waals surface area contributed by atoms with Crippen LogP contribution in [0.15, 0.2) is 42.6 Å². The molecule has 8 heteroatoms. The second kappa shape index (κ2) is 5.84. The summed E-state index contributed by atoms with van der Waals surface area (Å²) < 4.78 is 1.76. The largest absolute Gasteiger partial charge is 0.345 e. The average molecular weight is 311 g/mol. The zero-order valence-electron chi connectivity index (χ0n) is 12.3. The number of carbonyl (C=O) groups is 1. The summed E-state index contributed by atoms with van der Waals surface area (Å²) in [7, 11) is 0. The number of aromatic nitrogens is 3. The fraction of sp³-hybridized carbons (Fsp3) is 0.133. The van der Waals surface area contributed by atoms with E-state index in [9.17, 15) is 14.9 Å². The highest BCUT2D eigenvalue weighted by Gasteiger charge is 2.15. The Morgan fingerprint density at radius 1 is 1.30 bits per heavy atom. The molecule has 0 fully saturated rings. The fourth-order valence-electron chi connectivity index (χ4n) is 2.22. The zero-order chi connectivity index (χ0) is 16.4. The van der Waals surface area contributed by atoms with Crippen LogP contribution in [0.3, 0.4) is 0 Å². The topological polar surface area (TPSA) is 102 Å². The summed E-state index contributed by atoms with van der Waals surface area (Å²) in [6.07, 6.45) is 1.80. The Morgan fingerprint density at radius 2 is 2.13 bits per heavy atom. The first-order valence-electron chi connectivity index (χ1n) is 6.88. The Morgan fingerprint density at radius 3 is 2.91 bits per heavy atom. The molecule has 0 unspecified atom stereocenters. The van der Waals surface area contributed by atoms with Gasteiger partial charge in [-0.25, -0.2) is 0 Å². The standard InChI is InChI=1S/C15H13N5O3/c1-10-5-6-11(8-12(10)20(22)23)15(21)16-9-14-18-17-13-4-2-3-7-19(13)14/h2-8H,9H2,1H3,(H,16,21). The van der Waals surface area contributed by atoms with Crippen molar-refractivity contribution in [3.63, 3.8) is 0 Å². The molecule has 0 saturated carbocycles. The smallest absolute Gasteiger partial charge is 0.273 e. The van der Waals surface area contributed by atoms with Gasteiger partial charge in [-0.3, -0.25) is 19.3 Å². The maximum Gasteiger partial charge on any atom is 0.273 e. The minimum absolute atomic E-state index is 0.0782. The van der Waals surface area contributed by atoms with Crippen molar-refractivity contribution in [1.82, 2.24) is 19.9 Å². The Labute approximate surface area is 130 Å². The van der Waals surface area contributed by atoms with E-state index in [1.165, 1.54) is 6.07 Å². The van der Waals surface area contributed by atoms with Crippen LogP contribution >= 0.6 is 0 Å². The molecule has 0 aliphatic carbocycles. The lowest BCUT2D eigenvalue weighted by Crippen LogP contribution is -2.24. The van der Waals surface area contributed by atoms with Crippen LogP contribution in [0.4, 0.5) is 5.69 Å². The summed E-state index contributed by atoms with van der Waals surface area (Å²) >= 11 is 0. The number of carbonyl (C=O) groups excluding carboxylic acids is 1. The van der Waals surface area contributed by atoms with Gasteiger partial charge in [0, 0.05) is 23.4 Å². The van der Waals surface area contributed by atoms with Gasteiger partial charge in [-0.05, 0) is 25.1 Å². The lowest BCUT2D eigenvalue weighted by atomic mass is 10.1. The third kappa shape index (κ3) is 2.86. The van der Waals surface area contributed by atoms with E-state index < -0.39 is 10.8 Å². The molecule has 0 aliphatic rings. The van der Waals surface area contributed by atoms with Crippen molar-refractivity contribution in [2.24, 2.45) is 0 Å². The van der Waals surface area contributed by atoms with Gasteiger partial charge in [0.1, 0.15) is 0 Å². The van der Waals surface area contributed by atoms with Crippen LogP contribution in [0, 0.1) is 17.0 Å². The van der Waals surface area contributed by atoms with E-state index in [0.717, 1.165) is 0 Å². The Hall–Kier alpha value is -3.29. The second-order valence-corrected chi connectivity index (χ2v) is 4.99. The summed E-state index contributed by atoms with van der Waals surface area (Å²) in [5.74, 6) is 0.177. The highest BCUT2D eigenvalue weighted by atomic mass is 16.6. The maximum absolute atomic E-state index is 12.2. The molecule has 1 amide bonds. The third-order valence-corrected chi connectivity index (χ3v) is 3.46. The number of nitro benzene ring substituents is 1. The number of amides is 1. The lowest BCUT2D eigenvalue weighted by molar-refractivity contribution is -0.385. The van der Waals surface area contributed by atoms with E-state index in [1.807, 2.05) is 18.2 Å². The van der Waals surface area contributed by atoms with Crippen molar-refractivity contribution in [2.75, 3.05) is 0 Å². The van der Waals surface area contributed by atoms with Gasteiger partial charge in [0.2, 0.25) is 0 Å². The fourth-order valence-corrected chi connectivity index (χ4v) is 2.22. The molecular formula is C15H13N5O3. The minimum atomic E-state index is -0.502. The van der Waals surface area contributed by atoms with Crippen LogP contribution in [-0.4, -0.2) is 25.4 Å². The number of pyridine rings is 1. The first kappa shape index (κ1) is 14.6. The van der Waals surface area contributed by atoms with E-state index in [-0.39, 0.29) is 17.8 Å². The highest BCUT2D eigenvalue weighted by Crippen LogP contribution is 2.19. The van der Waals surface area contributed by atoms with Crippen LogP contribution in [0.2, 0.25) is 0 Å². The minimum Gasteiger partial charge on any atom is -0.345 e. The molecule has 0 atom stereocenters. The van der Waals surface area contributed by atoms with Gasteiger partial charge in [-0.2, -0.15) is 0 Å². The molecule has 1 aromatic carbocycles. The monoisotopic (exact) mass is 311 g/mol. The summed E-state index contributed by atoms with van der Waals surface area (Å²) in [5.41, 5.74) is 1.35. The predicted octanol–water partition coefficient (Wildman–Crippen LogP) is 1.88. The highest BCUT2D eigenvalue weighted by molar-refractivity contribution is 5.94. The average Bonchev–Trinajstić information content (AvgIpc) is 2.96. The molecule has 0 radical (unpaired) electrons. The van der Waals surface area contributed by atoms with Crippen LogP contribution in [0.5, 0.6) is 0 Å². The molecule has 1 N–H and O–H groups in total. The van der Waals surface area contributed by atoms with Gasteiger partial charge < -0.3 is 5.32 Å². The second-order valence-electron chi connectivity index (χ2n) is 4.99. The van der Waals surface area contributed by atoms with Crippen LogP contribution in [0.25, 0.3) is 5.65 Å². The van der Waals surface area contributed by atoms with Gasteiger partial charge in [-0.15, -0.1) is 10.2 Å². The van der Waals surface area contributed by atoms with E-state index in [2.05, 4.69) is 15.5 Å². The lowest BCUT2D eigenvalue weighted by Gasteiger charge is -2.05.